The van der Waals surface area contributed by atoms with E-state index in [0.29, 0.717) is 0 Å². The number of aliphatic imine (C=N–C) groups is 1. The quantitative estimate of drug-likeness (QED) is 0.637. The van der Waals surface area contributed by atoms with E-state index in [0.717, 1.165) is 13.1 Å². The topological polar surface area (TPSA) is 15.6 Å². The first-order chi connectivity index (χ1) is 6.25. The smallest absolute Gasteiger partial charge is 0.0895 e. The number of benzene rings is 1. The fraction of sp³-hybridized carbons (Fsp3) is 0.364. The summed E-state index contributed by atoms with van der Waals surface area (Å²) in [7, 11) is 0. The second kappa shape index (κ2) is 3.21. The van der Waals surface area contributed by atoms with E-state index in [1.807, 2.05) is 6.34 Å². The molecule has 0 saturated heterocycles. The molecule has 0 spiro atoms. The SMILES string of the molecule is Cc1cc(C)cc(N2C=NCC2)c1. The van der Waals surface area contributed by atoms with Crippen molar-refractivity contribution in [1.82, 2.24) is 0 Å². The van der Waals surface area contributed by atoms with Gasteiger partial charge in [0.2, 0.25) is 0 Å². The summed E-state index contributed by atoms with van der Waals surface area (Å²) in [5.41, 5.74) is 3.89. The lowest BCUT2D eigenvalue weighted by atomic mass is 10.1. The maximum Gasteiger partial charge on any atom is 0.0895 e. The highest BCUT2D eigenvalue weighted by Crippen LogP contribution is 2.18. The van der Waals surface area contributed by atoms with E-state index in [2.05, 4.69) is 41.9 Å². The normalized spacial score (nSPS) is 15.4. The molecule has 0 fully saturated rings. The molecule has 1 aliphatic rings. The third-order valence-electron chi connectivity index (χ3n) is 2.23. The van der Waals surface area contributed by atoms with Crippen molar-refractivity contribution < 1.29 is 0 Å². The minimum Gasteiger partial charge on any atom is -0.331 e. The summed E-state index contributed by atoms with van der Waals surface area (Å²) in [5.74, 6) is 0. The maximum absolute atomic E-state index is 4.20. The predicted molar refractivity (Wildman–Crippen MR) is 56.6 cm³/mol. The van der Waals surface area contributed by atoms with E-state index in [1.54, 1.807) is 0 Å². The zero-order valence-electron chi connectivity index (χ0n) is 8.12. The first-order valence-electron chi connectivity index (χ1n) is 4.60. The van der Waals surface area contributed by atoms with Gasteiger partial charge in [-0.3, -0.25) is 4.99 Å². The van der Waals surface area contributed by atoms with E-state index in [4.69, 9.17) is 0 Å². The standard InChI is InChI=1S/C11H14N2/c1-9-5-10(2)7-11(6-9)13-4-3-12-8-13/h5-8H,3-4H2,1-2H3. The molecule has 0 aromatic heterocycles. The van der Waals surface area contributed by atoms with Crippen molar-refractivity contribution in [2.24, 2.45) is 4.99 Å². The van der Waals surface area contributed by atoms with Crippen molar-refractivity contribution >= 4 is 12.0 Å². The van der Waals surface area contributed by atoms with Gasteiger partial charge in [0.25, 0.3) is 0 Å². The van der Waals surface area contributed by atoms with Gasteiger partial charge in [0.1, 0.15) is 0 Å². The fourth-order valence-electron chi connectivity index (χ4n) is 1.69. The summed E-state index contributed by atoms with van der Waals surface area (Å²) < 4.78 is 0. The van der Waals surface area contributed by atoms with Crippen molar-refractivity contribution in [2.45, 2.75) is 13.8 Å². The minimum absolute atomic E-state index is 0.924. The Hall–Kier alpha value is -1.31. The molecule has 2 heteroatoms. The zero-order chi connectivity index (χ0) is 9.26. The molecular weight excluding hydrogens is 160 g/mol. The Labute approximate surface area is 78.9 Å². The Balaban J connectivity index is 2.34. The second-order valence-electron chi connectivity index (χ2n) is 3.56. The van der Waals surface area contributed by atoms with E-state index in [1.165, 1.54) is 16.8 Å². The van der Waals surface area contributed by atoms with Gasteiger partial charge in [-0.15, -0.1) is 0 Å². The molecule has 1 aliphatic heterocycles. The predicted octanol–water partition coefficient (Wildman–Crippen LogP) is 2.15. The lowest BCUT2D eigenvalue weighted by Crippen LogP contribution is -2.18. The number of hydrogen-bond acceptors (Lipinski definition) is 2. The summed E-state index contributed by atoms with van der Waals surface area (Å²) in [6.45, 7) is 6.20. The third-order valence-corrected chi connectivity index (χ3v) is 2.23. The molecule has 1 aromatic carbocycles. The summed E-state index contributed by atoms with van der Waals surface area (Å²) in [6, 6.07) is 6.59. The van der Waals surface area contributed by atoms with Gasteiger partial charge in [0, 0.05) is 12.2 Å². The van der Waals surface area contributed by atoms with Gasteiger partial charge in [-0.25, -0.2) is 0 Å². The van der Waals surface area contributed by atoms with Gasteiger partial charge in [0.15, 0.2) is 0 Å². The molecule has 1 heterocycles. The van der Waals surface area contributed by atoms with Crippen LogP contribution in [0.5, 0.6) is 0 Å². The van der Waals surface area contributed by atoms with E-state index >= 15 is 0 Å². The Kier molecular flexibility index (Phi) is 2.05. The monoisotopic (exact) mass is 174 g/mol. The summed E-state index contributed by atoms with van der Waals surface area (Å²) in [4.78, 5) is 6.40. The number of rotatable bonds is 1. The van der Waals surface area contributed by atoms with Crippen LogP contribution in [0.25, 0.3) is 0 Å². The molecule has 1 aromatic rings. The van der Waals surface area contributed by atoms with Gasteiger partial charge in [0.05, 0.1) is 12.9 Å². The van der Waals surface area contributed by atoms with Crippen LogP contribution in [0.3, 0.4) is 0 Å². The van der Waals surface area contributed by atoms with Crippen molar-refractivity contribution in [3.8, 4) is 0 Å². The van der Waals surface area contributed by atoms with Crippen molar-refractivity contribution in [2.75, 3.05) is 18.0 Å². The van der Waals surface area contributed by atoms with Crippen LogP contribution >= 0.6 is 0 Å². The Morgan fingerprint density at radius 2 is 1.85 bits per heavy atom. The van der Waals surface area contributed by atoms with E-state index < -0.39 is 0 Å². The summed E-state index contributed by atoms with van der Waals surface area (Å²) in [6.07, 6.45) is 1.92. The largest absolute Gasteiger partial charge is 0.331 e. The molecule has 0 atom stereocenters. The molecule has 0 amide bonds. The highest BCUT2D eigenvalue weighted by atomic mass is 15.2. The molecule has 0 radical (unpaired) electrons. The molecule has 68 valence electrons. The first kappa shape index (κ1) is 8.30. The van der Waals surface area contributed by atoms with Crippen LogP contribution in [0.4, 0.5) is 5.69 Å². The van der Waals surface area contributed by atoms with Gasteiger partial charge >= 0.3 is 0 Å². The van der Waals surface area contributed by atoms with Crippen molar-refractivity contribution in [3.05, 3.63) is 29.3 Å². The lowest BCUT2D eigenvalue weighted by molar-refractivity contribution is 1.02. The fourth-order valence-corrected chi connectivity index (χ4v) is 1.69. The molecule has 0 N–H and O–H groups in total. The number of nitrogens with zero attached hydrogens (tertiary/aromatic N) is 2. The molecular formula is C11H14N2. The lowest BCUT2D eigenvalue weighted by Gasteiger charge is -2.15. The van der Waals surface area contributed by atoms with Crippen LogP contribution in [0, 0.1) is 13.8 Å². The van der Waals surface area contributed by atoms with Crippen molar-refractivity contribution in [1.29, 1.82) is 0 Å². The van der Waals surface area contributed by atoms with Gasteiger partial charge in [-0.2, -0.15) is 0 Å². The molecule has 0 saturated carbocycles. The van der Waals surface area contributed by atoms with Crippen LogP contribution in [0.2, 0.25) is 0 Å². The average Bonchev–Trinajstić information content (AvgIpc) is 2.53. The van der Waals surface area contributed by atoms with E-state index in [-0.39, 0.29) is 0 Å². The molecule has 2 nitrogen and oxygen atoms in total. The molecule has 0 bridgehead atoms. The highest BCUT2D eigenvalue weighted by Gasteiger charge is 2.07. The molecule has 0 unspecified atom stereocenters. The third kappa shape index (κ3) is 1.72. The van der Waals surface area contributed by atoms with Crippen LogP contribution in [-0.4, -0.2) is 19.4 Å². The maximum atomic E-state index is 4.20. The van der Waals surface area contributed by atoms with E-state index in [9.17, 15) is 0 Å². The Bertz CT molecular complexity index is 322. The first-order valence-corrected chi connectivity index (χ1v) is 4.60. The van der Waals surface area contributed by atoms with Crippen LogP contribution in [0.15, 0.2) is 23.2 Å². The average molecular weight is 174 g/mol. The number of aryl methyl sites for hydroxylation is 2. The van der Waals surface area contributed by atoms with Crippen LogP contribution < -0.4 is 4.90 Å². The second-order valence-corrected chi connectivity index (χ2v) is 3.56. The number of hydrogen-bond donors (Lipinski definition) is 0. The summed E-state index contributed by atoms with van der Waals surface area (Å²) in [5, 5.41) is 0. The molecule has 13 heavy (non-hydrogen) atoms. The van der Waals surface area contributed by atoms with Crippen molar-refractivity contribution in [3.63, 3.8) is 0 Å². The van der Waals surface area contributed by atoms with Gasteiger partial charge in [-0.05, 0) is 37.1 Å². The van der Waals surface area contributed by atoms with Crippen LogP contribution in [0.1, 0.15) is 11.1 Å². The summed E-state index contributed by atoms with van der Waals surface area (Å²) >= 11 is 0. The molecule has 2 rings (SSSR count). The minimum atomic E-state index is 0.924. The number of anilines is 1. The zero-order valence-corrected chi connectivity index (χ0v) is 8.12. The van der Waals surface area contributed by atoms with Gasteiger partial charge < -0.3 is 4.90 Å². The van der Waals surface area contributed by atoms with Gasteiger partial charge in [-0.1, -0.05) is 6.07 Å². The molecule has 0 aliphatic carbocycles. The highest BCUT2D eigenvalue weighted by molar-refractivity contribution is 5.81. The Morgan fingerprint density at radius 3 is 2.38 bits per heavy atom. The Morgan fingerprint density at radius 1 is 1.15 bits per heavy atom. The van der Waals surface area contributed by atoms with Crippen LogP contribution in [-0.2, 0) is 0 Å².